The minimum atomic E-state index is -0.664. The highest BCUT2D eigenvalue weighted by Crippen LogP contribution is 2.25. The van der Waals surface area contributed by atoms with E-state index in [9.17, 15) is 5.11 Å². The predicted molar refractivity (Wildman–Crippen MR) is 69.5 cm³/mol. The molecule has 1 fully saturated rings. The van der Waals surface area contributed by atoms with E-state index in [1.54, 1.807) is 0 Å². The van der Waals surface area contributed by atoms with E-state index in [2.05, 4.69) is 23.1 Å². The number of ether oxygens (including phenoxy) is 1. The fourth-order valence-corrected chi connectivity index (χ4v) is 2.24. The van der Waals surface area contributed by atoms with E-state index in [1.807, 2.05) is 19.9 Å². The molecular formula is C14H21NO2. The molecular weight excluding hydrogens is 214 g/mol. The van der Waals surface area contributed by atoms with E-state index in [0.717, 1.165) is 26.3 Å². The molecule has 0 atom stereocenters. The van der Waals surface area contributed by atoms with Gasteiger partial charge in [0.15, 0.2) is 0 Å². The molecule has 1 aliphatic rings. The van der Waals surface area contributed by atoms with Crippen LogP contribution in [-0.4, -0.2) is 37.0 Å². The monoisotopic (exact) mass is 235 g/mol. The largest absolute Gasteiger partial charge is 0.390 e. The van der Waals surface area contributed by atoms with Crippen LogP contribution in [-0.2, 0) is 11.2 Å². The Balaban J connectivity index is 2.20. The van der Waals surface area contributed by atoms with Gasteiger partial charge in [0.25, 0.3) is 0 Å². The maximum atomic E-state index is 9.95. The van der Waals surface area contributed by atoms with Crippen LogP contribution in [0.25, 0.3) is 0 Å². The molecule has 94 valence electrons. The van der Waals surface area contributed by atoms with Crippen LogP contribution < -0.4 is 4.90 Å². The number of hydrogen-bond acceptors (Lipinski definition) is 3. The van der Waals surface area contributed by atoms with Crippen LogP contribution in [0, 0.1) is 0 Å². The molecule has 17 heavy (non-hydrogen) atoms. The van der Waals surface area contributed by atoms with Crippen molar-refractivity contribution in [2.75, 3.05) is 31.2 Å². The second kappa shape index (κ2) is 5.07. The van der Waals surface area contributed by atoms with E-state index in [4.69, 9.17) is 4.74 Å². The Bertz CT molecular complexity index is 365. The summed E-state index contributed by atoms with van der Waals surface area (Å²) in [4.78, 5) is 2.34. The quantitative estimate of drug-likeness (QED) is 0.867. The van der Waals surface area contributed by atoms with Gasteiger partial charge in [-0.25, -0.2) is 0 Å². The topological polar surface area (TPSA) is 32.7 Å². The molecule has 2 rings (SSSR count). The molecule has 0 amide bonds. The SMILES string of the molecule is CC(C)(O)Cc1ccccc1N1CCOCC1. The average Bonchev–Trinajstić information content (AvgIpc) is 2.29. The first-order valence-corrected chi connectivity index (χ1v) is 6.19. The first-order chi connectivity index (χ1) is 8.06. The second-order valence-electron chi connectivity index (χ2n) is 5.22. The highest BCUT2D eigenvalue weighted by atomic mass is 16.5. The van der Waals surface area contributed by atoms with E-state index >= 15 is 0 Å². The van der Waals surface area contributed by atoms with Crippen molar-refractivity contribution >= 4 is 5.69 Å². The van der Waals surface area contributed by atoms with Crippen molar-refractivity contribution in [3.8, 4) is 0 Å². The van der Waals surface area contributed by atoms with Gasteiger partial charge in [0.2, 0.25) is 0 Å². The molecule has 0 spiro atoms. The van der Waals surface area contributed by atoms with Crippen LogP contribution in [0.2, 0.25) is 0 Å². The van der Waals surface area contributed by atoms with Crippen molar-refractivity contribution in [3.63, 3.8) is 0 Å². The summed E-state index contributed by atoms with van der Waals surface area (Å²) < 4.78 is 5.37. The summed E-state index contributed by atoms with van der Waals surface area (Å²) in [6, 6.07) is 8.32. The van der Waals surface area contributed by atoms with Crippen molar-refractivity contribution in [1.82, 2.24) is 0 Å². The summed E-state index contributed by atoms with van der Waals surface area (Å²) in [5, 5.41) is 9.95. The van der Waals surface area contributed by atoms with Crippen LogP contribution in [0.1, 0.15) is 19.4 Å². The molecule has 0 radical (unpaired) electrons. The highest BCUT2D eigenvalue weighted by molar-refractivity contribution is 5.54. The van der Waals surface area contributed by atoms with Crippen LogP contribution >= 0.6 is 0 Å². The maximum Gasteiger partial charge on any atom is 0.0642 e. The molecule has 1 saturated heterocycles. The third kappa shape index (κ3) is 3.45. The lowest BCUT2D eigenvalue weighted by atomic mass is 9.97. The molecule has 3 heteroatoms. The van der Waals surface area contributed by atoms with Gasteiger partial charge in [-0.1, -0.05) is 18.2 Å². The van der Waals surface area contributed by atoms with Crippen LogP contribution in [0.15, 0.2) is 24.3 Å². The lowest BCUT2D eigenvalue weighted by Crippen LogP contribution is -2.37. The second-order valence-corrected chi connectivity index (χ2v) is 5.22. The Kier molecular flexibility index (Phi) is 3.69. The van der Waals surface area contributed by atoms with E-state index in [-0.39, 0.29) is 0 Å². The molecule has 0 bridgehead atoms. The highest BCUT2D eigenvalue weighted by Gasteiger charge is 2.19. The molecule has 3 nitrogen and oxygen atoms in total. The Morgan fingerprint density at radius 2 is 1.88 bits per heavy atom. The zero-order valence-corrected chi connectivity index (χ0v) is 10.6. The molecule has 1 aliphatic heterocycles. The number of nitrogens with zero attached hydrogens (tertiary/aromatic N) is 1. The minimum absolute atomic E-state index is 0.664. The summed E-state index contributed by atoms with van der Waals surface area (Å²) in [5.41, 5.74) is 1.78. The number of aliphatic hydroxyl groups is 1. The third-order valence-corrected chi connectivity index (χ3v) is 2.97. The summed E-state index contributed by atoms with van der Waals surface area (Å²) in [7, 11) is 0. The van der Waals surface area contributed by atoms with Gasteiger partial charge >= 0.3 is 0 Å². The van der Waals surface area contributed by atoms with Crippen molar-refractivity contribution in [1.29, 1.82) is 0 Å². The lowest BCUT2D eigenvalue weighted by molar-refractivity contribution is 0.0809. The number of benzene rings is 1. The van der Waals surface area contributed by atoms with Crippen LogP contribution in [0.3, 0.4) is 0 Å². The van der Waals surface area contributed by atoms with Gasteiger partial charge in [-0.3, -0.25) is 0 Å². The molecule has 1 heterocycles. The van der Waals surface area contributed by atoms with Gasteiger partial charge < -0.3 is 14.7 Å². The average molecular weight is 235 g/mol. The number of morpholine rings is 1. The standard InChI is InChI=1S/C14H21NO2/c1-14(2,16)11-12-5-3-4-6-13(12)15-7-9-17-10-8-15/h3-6,16H,7-11H2,1-2H3. The number of hydrogen-bond donors (Lipinski definition) is 1. The Morgan fingerprint density at radius 1 is 1.24 bits per heavy atom. The maximum absolute atomic E-state index is 9.95. The van der Waals surface area contributed by atoms with Gasteiger partial charge in [0, 0.05) is 25.2 Å². The van der Waals surface area contributed by atoms with Crippen molar-refractivity contribution in [2.45, 2.75) is 25.9 Å². The number of rotatable bonds is 3. The first-order valence-electron chi connectivity index (χ1n) is 6.19. The Hall–Kier alpha value is -1.06. The normalized spacial score (nSPS) is 17.2. The molecule has 0 unspecified atom stereocenters. The summed E-state index contributed by atoms with van der Waals surface area (Å²) in [6.45, 7) is 7.14. The van der Waals surface area contributed by atoms with Crippen molar-refractivity contribution in [3.05, 3.63) is 29.8 Å². The predicted octanol–water partition coefficient (Wildman–Crippen LogP) is 1.84. The first kappa shape index (κ1) is 12.4. The molecule has 1 N–H and O–H groups in total. The lowest BCUT2D eigenvalue weighted by Gasteiger charge is -2.31. The van der Waals surface area contributed by atoms with Gasteiger partial charge in [-0.05, 0) is 25.5 Å². The summed E-state index contributed by atoms with van der Waals surface area (Å²) in [6.07, 6.45) is 0.681. The zero-order valence-electron chi connectivity index (χ0n) is 10.6. The van der Waals surface area contributed by atoms with Crippen molar-refractivity contribution in [2.24, 2.45) is 0 Å². The summed E-state index contributed by atoms with van der Waals surface area (Å²) >= 11 is 0. The van der Waals surface area contributed by atoms with E-state index < -0.39 is 5.60 Å². The number of para-hydroxylation sites is 1. The van der Waals surface area contributed by atoms with E-state index in [1.165, 1.54) is 11.3 Å². The molecule has 0 aliphatic carbocycles. The molecule has 0 aromatic heterocycles. The van der Waals surface area contributed by atoms with Gasteiger partial charge in [0.05, 0.1) is 18.8 Å². The van der Waals surface area contributed by atoms with Crippen LogP contribution in [0.5, 0.6) is 0 Å². The summed E-state index contributed by atoms with van der Waals surface area (Å²) in [5.74, 6) is 0. The van der Waals surface area contributed by atoms with Crippen LogP contribution in [0.4, 0.5) is 5.69 Å². The van der Waals surface area contributed by atoms with Gasteiger partial charge in [-0.15, -0.1) is 0 Å². The Morgan fingerprint density at radius 3 is 2.53 bits per heavy atom. The van der Waals surface area contributed by atoms with E-state index in [0.29, 0.717) is 6.42 Å². The fourth-order valence-electron chi connectivity index (χ4n) is 2.24. The van der Waals surface area contributed by atoms with Gasteiger partial charge in [0.1, 0.15) is 0 Å². The third-order valence-electron chi connectivity index (χ3n) is 2.97. The Labute approximate surface area is 103 Å². The van der Waals surface area contributed by atoms with Gasteiger partial charge in [-0.2, -0.15) is 0 Å². The zero-order chi connectivity index (χ0) is 12.3. The minimum Gasteiger partial charge on any atom is -0.390 e. The number of anilines is 1. The van der Waals surface area contributed by atoms with Crippen molar-refractivity contribution < 1.29 is 9.84 Å². The smallest absolute Gasteiger partial charge is 0.0642 e. The molecule has 1 aromatic carbocycles. The molecule has 1 aromatic rings. The fraction of sp³-hybridized carbons (Fsp3) is 0.571. The molecule has 0 saturated carbocycles.